The molecule has 3 nitrogen and oxygen atoms in total. The number of rotatable bonds is 4. The monoisotopic (exact) mass is 210 g/mol. The van der Waals surface area contributed by atoms with Gasteiger partial charge in [-0.2, -0.15) is 0 Å². The van der Waals surface area contributed by atoms with Crippen molar-refractivity contribution in [1.82, 2.24) is 0 Å². The molecular formula is C12H18O3. The third-order valence-corrected chi connectivity index (χ3v) is 2.52. The predicted molar refractivity (Wildman–Crippen MR) is 59.2 cm³/mol. The normalized spacial score (nSPS) is 14.7. The van der Waals surface area contributed by atoms with E-state index in [-0.39, 0.29) is 6.10 Å². The van der Waals surface area contributed by atoms with E-state index < -0.39 is 6.10 Å². The van der Waals surface area contributed by atoms with Crippen LogP contribution in [-0.4, -0.2) is 25.4 Å². The van der Waals surface area contributed by atoms with Gasteiger partial charge in [0.05, 0.1) is 13.2 Å². The average Bonchev–Trinajstić information content (AvgIpc) is 2.27. The van der Waals surface area contributed by atoms with Crippen LogP contribution in [0.5, 0.6) is 5.75 Å². The molecule has 1 aromatic rings. The van der Waals surface area contributed by atoms with Gasteiger partial charge in [-0.3, -0.25) is 0 Å². The Hall–Kier alpha value is -1.06. The number of aliphatic hydroxyl groups is 1. The van der Waals surface area contributed by atoms with Gasteiger partial charge in [-0.25, -0.2) is 0 Å². The van der Waals surface area contributed by atoms with Gasteiger partial charge in [-0.1, -0.05) is 11.6 Å². The van der Waals surface area contributed by atoms with Crippen molar-refractivity contribution in [3.8, 4) is 5.75 Å². The summed E-state index contributed by atoms with van der Waals surface area (Å²) in [6.45, 7) is 3.81. The van der Waals surface area contributed by atoms with Crippen molar-refractivity contribution in [3.63, 3.8) is 0 Å². The zero-order chi connectivity index (χ0) is 11.4. The lowest BCUT2D eigenvalue weighted by atomic mass is 10.0. The van der Waals surface area contributed by atoms with Crippen LogP contribution < -0.4 is 4.74 Å². The van der Waals surface area contributed by atoms with E-state index in [1.165, 1.54) is 0 Å². The minimum absolute atomic E-state index is 0.249. The van der Waals surface area contributed by atoms with Crippen molar-refractivity contribution in [1.29, 1.82) is 0 Å². The molecule has 1 rings (SSSR count). The number of hydrogen-bond acceptors (Lipinski definition) is 3. The van der Waals surface area contributed by atoms with Crippen molar-refractivity contribution >= 4 is 0 Å². The molecule has 0 aromatic heterocycles. The molecule has 0 bridgehead atoms. The number of methoxy groups -OCH3 is 2. The van der Waals surface area contributed by atoms with E-state index in [2.05, 4.69) is 0 Å². The molecule has 2 atom stereocenters. The molecular weight excluding hydrogens is 192 g/mol. The Morgan fingerprint density at radius 3 is 2.47 bits per heavy atom. The van der Waals surface area contributed by atoms with E-state index in [1.54, 1.807) is 14.2 Å². The van der Waals surface area contributed by atoms with E-state index in [0.29, 0.717) is 5.75 Å². The minimum Gasteiger partial charge on any atom is -0.496 e. The van der Waals surface area contributed by atoms with Crippen molar-refractivity contribution in [2.24, 2.45) is 0 Å². The molecule has 0 heterocycles. The summed E-state index contributed by atoms with van der Waals surface area (Å²) in [5, 5.41) is 10.0. The van der Waals surface area contributed by atoms with Gasteiger partial charge in [0, 0.05) is 12.7 Å². The molecule has 0 saturated carbocycles. The Morgan fingerprint density at radius 1 is 1.27 bits per heavy atom. The molecule has 1 N–H and O–H groups in total. The molecule has 0 spiro atoms. The van der Waals surface area contributed by atoms with E-state index in [1.807, 2.05) is 32.0 Å². The first kappa shape index (κ1) is 12.0. The molecule has 0 amide bonds. The summed E-state index contributed by atoms with van der Waals surface area (Å²) < 4.78 is 10.3. The number of aryl methyl sites for hydroxylation is 1. The zero-order valence-electron chi connectivity index (χ0n) is 9.65. The van der Waals surface area contributed by atoms with E-state index in [9.17, 15) is 5.11 Å². The smallest absolute Gasteiger partial charge is 0.124 e. The largest absolute Gasteiger partial charge is 0.496 e. The Labute approximate surface area is 90.6 Å². The molecule has 3 heteroatoms. The molecule has 1 aromatic carbocycles. The van der Waals surface area contributed by atoms with Crippen LogP contribution in [0.25, 0.3) is 0 Å². The van der Waals surface area contributed by atoms with Gasteiger partial charge < -0.3 is 14.6 Å². The van der Waals surface area contributed by atoms with E-state index >= 15 is 0 Å². The summed E-state index contributed by atoms with van der Waals surface area (Å²) in [5.74, 6) is 0.692. The second kappa shape index (κ2) is 5.14. The Morgan fingerprint density at radius 2 is 1.93 bits per heavy atom. The lowest BCUT2D eigenvalue weighted by molar-refractivity contribution is -0.00252. The molecule has 15 heavy (non-hydrogen) atoms. The highest BCUT2D eigenvalue weighted by atomic mass is 16.5. The first-order valence-electron chi connectivity index (χ1n) is 4.95. The quantitative estimate of drug-likeness (QED) is 0.826. The Bertz CT molecular complexity index is 323. The van der Waals surface area contributed by atoms with Crippen LogP contribution in [0.3, 0.4) is 0 Å². The molecule has 0 aliphatic heterocycles. The lowest BCUT2D eigenvalue weighted by Gasteiger charge is -2.20. The molecule has 0 aliphatic carbocycles. The highest BCUT2D eigenvalue weighted by molar-refractivity contribution is 5.38. The van der Waals surface area contributed by atoms with Crippen LogP contribution in [0, 0.1) is 6.92 Å². The molecule has 0 radical (unpaired) electrons. The number of aliphatic hydroxyl groups excluding tert-OH is 1. The van der Waals surface area contributed by atoms with E-state index in [4.69, 9.17) is 9.47 Å². The van der Waals surface area contributed by atoms with Crippen molar-refractivity contribution in [3.05, 3.63) is 29.3 Å². The van der Waals surface area contributed by atoms with Gasteiger partial charge in [-0.15, -0.1) is 0 Å². The van der Waals surface area contributed by atoms with Crippen LogP contribution in [-0.2, 0) is 4.74 Å². The third-order valence-electron chi connectivity index (χ3n) is 2.52. The Balaban J connectivity index is 3.05. The fourth-order valence-corrected chi connectivity index (χ4v) is 1.47. The van der Waals surface area contributed by atoms with Crippen LogP contribution >= 0.6 is 0 Å². The maximum absolute atomic E-state index is 10.0. The van der Waals surface area contributed by atoms with Crippen LogP contribution in [0.15, 0.2) is 18.2 Å². The second-order valence-electron chi connectivity index (χ2n) is 3.63. The molecule has 84 valence electrons. The van der Waals surface area contributed by atoms with Crippen LogP contribution in [0.2, 0.25) is 0 Å². The van der Waals surface area contributed by atoms with Crippen molar-refractivity contribution in [2.75, 3.05) is 14.2 Å². The maximum atomic E-state index is 10.0. The summed E-state index contributed by atoms with van der Waals surface area (Å²) in [6, 6.07) is 5.72. The van der Waals surface area contributed by atoms with Crippen LogP contribution in [0.1, 0.15) is 24.2 Å². The minimum atomic E-state index is -0.662. The average molecular weight is 210 g/mol. The summed E-state index contributed by atoms with van der Waals surface area (Å²) in [5.41, 5.74) is 1.86. The first-order chi connectivity index (χ1) is 7.10. The highest BCUT2D eigenvalue weighted by Crippen LogP contribution is 2.28. The summed E-state index contributed by atoms with van der Waals surface area (Å²) in [6.07, 6.45) is -0.912. The number of benzene rings is 1. The third kappa shape index (κ3) is 2.70. The fraction of sp³-hybridized carbons (Fsp3) is 0.500. The summed E-state index contributed by atoms with van der Waals surface area (Å²) in [4.78, 5) is 0. The summed E-state index contributed by atoms with van der Waals surface area (Å²) >= 11 is 0. The second-order valence-corrected chi connectivity index (χ2v) is 3.63. The molecule has 0 aliphatic rings. The predicted octanol–water partition coefficient (Wildman–Crippen LogP) is 2.07. The SMILES string of the molecule is COc1ccc(C)cc1C(O)C(C)OC. The van der Waals surface area contributed by atoms with Gasteiger partial charge >= 0.3 is 0 Å². The Kier molecular flexibility index (Phi) is 4.12. The molecule has 2 unspecified atom stereocenters. The van der Waals surface area contributed by atoms with Crippen molar-refractivity contribution < 1.29 is 14.6 Å². The van der Waals surface area contributed by atoms with Gasteiger partial charge in [-0.05, 0) is 26.0 Å². The topological polar surface area (TPSA) is 38.7 Å². The fourth-order valence-electron chi connectivity index (χ4n) is 1.47. The van der Waals surface area contributed by atoms with Gasteiger partial charge in [0.2, 0.25) is 0 Å². The van der Waals surface area contributed by atoms with Gasteiger partial charge in [0.1, 0.15) is 11.9 Å². The van der Waals surface area contributed by atoms with Gasteiger partial charge in [0.25, 0.3) is 0 Å². The van der Waals surface area contributed by atoms with E-state index in [0.717, 1.165) is 11.1 Å². The summed E-state index contributed by atoms with van der Waals surface area (Å²) in [7, 11) is 3.18. The number of ether oxygens (including phenoxy) is 2. The molecule has 0 fully saturated rings. The van der Waals surface area contributed by atoms with Gasteiger partial charge in [0.15, 0.2) is 0 Å². The number of hydrogen-bond donors (Lipinski definition) is 1. The lowest BCUT2D eigenvalue weighted by Crippen LogP contribution is -2.17. The first-order valence-corrected chi connectivity index (χ1v) is 4.95. The maximum Gasteiger partial charge on any atom is 0.124 e. The van der Waals surface area contributed by atoms with Crippen LogP contribution in [0.4, 0.5) is 0 Å². The zero-order valence-corrected chi connectivity index (χ0v) is 9.65. The standard InChI is InChI=1S/C12H18O3/c1-8-5-6-11(15-4)10(7-8)12(13)9(2)14-3/h5-7,9,12-13H,1-4H3. The molecule has 0 saturated heterocycles. The highest BCUT2D eigenvalue weighted by Gasteiger charge is 2.19. The van der Waals surface area contributed by atoms with Crippen molar-refractivity contribution in [2.45, 2.75) is 26.1 Å².